The summed E-state index contributed by atoms with van der Waals surface area (Å²) < 4.78 is 5.15. The monoisotopic (exact) mass is 188 g/mol. The summed E-state index contributed by atoms with van der Waals surface area (Å²) in [6.45, 7) is 8.82. The Bertz CT molecular complexity index is 183. The lowest BCUT2D eigenvalue weighted by Gasteiger charge is -2.28. The zero-order chi connectivity index (χ0) is 10.7. The molecule has 0 aromatic rings. The van der Waals surface area contributed by atoms with Gasteiger partial charge in [0.15, 0.2) is 5.60 Å². The minimum Gasteiger partial charge on any atom is -0.458 e. The quantitative estimate of drug-likeness (QED) is 0.685. The number of carbonyl (C=O) groups is 1. The second kappa shape index (κ2) is 4.09. The fourth-order valence-electron chi connectivity index (χ4n) is 0.577. The van der Waals surface area contributed by atoms with Crippen molar-refractivity contribution in [1.82, 2.24) is 0 Å². The van der Waals surface area contributed by atoms with Crippen molar-refractivity contribution >= 4 is 5.97 Å². The lowest BCUT2D eigenvalue weighted by atomic mass is 10.0. The van der Waals surface area contributed by atoms with Gasteiger partial charge >= 0.3 is 5.97 Å². The molecule has 3 heteroatoms. The summed E-state index contributed by atoms with van der Waals surface area (Å²) in [6.07, 6.45) is 1.10. The van der Waals surface area contributed by atoms with Crippen LogP contribution < -0.4 is 0 Å². The molecule has 78 valence electrons. The Hall–Kier alpha value is -0.570. The molecule has 1 atom stereocenters. The highest BCUT2D eigenvalue weighted by Gasteiger charge is 2.33. The fraction of sp³-hybridized carbons (Fsp3) is 0.900. The highest BCUT2D eigenvalue weighted by molar-refractivity contribution is 5.78. The van der Waals surface area contributed by atoms with Crippen molar-refractivity contribution < 1.29 is 14.6 Å². The minimum atomic E-state index is -1.35. The summed E-state index contributed by atoms with van der Waals surface area (Å²) in [5, 5.41) is 9.58. The van der Waals surface area contributed by atoms with Gasteiger partial charge in [0, 0.05) is 0 Å². The van der Waals surface area contributed by atoms with Crippen LogP contribution in [0.3, 0.4) is 0 Å². The van der Waals surface area contributed by atoms with E-state index in [4.69, 9.17) is 4.74 Å². The molecule has 0 aromatic carbocycles. The van der Waals surface area contributed by atoms with Crippen molar-refractivity contribution in [2.75, 3.05) is 0 Å². The Morgan fingerprint density at radius 2 is 1.69 bits per heavy atom. The lowest BCUT2D eigenvalue weighted by Crippen LogP contribution is -2.41. The van der Waals surface area contributed by atoms with Crippen LogP contribution in [0.1, 0.15) is 47.5 Å². The number of hydrogen-bond donors (Lipinski definition) is 1. The average molecular weight is 188 g/mol. The number of ether oxygens (including phenoxy) is 1. The van der Waals surface area contributed by atoms with Crippen LogP contribution in [0.4, 0.5) is 0 Å². The maximum absolute atomic E-state index is 11.4. The molecule has 0 fully saturated rings. The summed E-state index contributed by atoms with van der Waals surface area (Å²) in [6, 6.07) is 0. The lowest BCUT2D eigenvalue weighted by molar-refractivity contribution is -0.177. The third kappa shape index (κ3) is 3.77. The second-order valence-electron chi connectivity index (χ2n) is 4.13. The van der Waals surface area contributed by atoms with Gasteiger partial charge in [-0.05, 0) is 33.6 Å². The number of rotatable bonds is 4. The first-order valence-corrected chi connectivity index (χ1v) is 4.71. The molecule has 0 radical (unpaired) electrons. The van der Waals surface area contributed by atoms with E-state index in [1.54, 1.807) is 6.92 Å². The van der Waals surface area contributed by atoms with Crippen molar-refractivity contribution in [2.45, 2.75) is 58.7 Å². The van der Waals surface area contributed by atoms with Crippen molar-refractivity contribution in [3.05, 3.63) is 0 Å². The summed E-state index contributed by atoms with van der Waals surface area (Å²) in [5.41, 5.74) is -1.84. The maximum Gasteiger partial charge on any atom is 0.338 e. The Kier molecular flexibility index (Phi) is 3.91. The SMILES string of the molecule is CCC(C)(C)OC(=O)[C@](C)(O)CC. The summed E-state index contributed by atoms with van der Waals surface area (Å²) in [7, 11) is 0. The van der Waals surface area contributed by atoms with Crippen LogP contribution in [0.2, 0.25) is 0 Å². The molecule has 0 saturated heterocycles. The number of hydrogen-bond acceptors (Lipinski definition) is 3. The van der Waals surface area contributed by atoms with Crippen LogP contribution in [0.15, 0.2) is 0 Å². The Morgan fingerprint density at radius 3 is 2.00 bits per heavy atom. The zero-order valence-electron chi connectivity index (χ0n) is 9.18. The summed E-state index contributed by atoms with van der Waals surface area (Å²) >= 11 is 0. The standard InChI is InChI=1S/C10H20O3/c1-6-9(3,4)13-8(11)10(5,12)7-2/h12H,6-7H2,1-5H3/t10-/m1/s1. The van der Waals surface area contributed by atoms with E-state index in [0.717, 1.165) is 6.42 Å². The fourth-order valence-corrected chi connectivity index (χ4v) is 0.577. The van der Waals surface area contributed by atoms with Crippen LogP contribution in [0.5, 0.6) is 0 Å². The van der Waals surface area contributed by atoms with E-state index in [1.807, 2.05) is 20.8 Å². The van der Waals surface area contributed by atoms with E-state index in [1.165, 1.54) is 6.92 Å². The van der Waals surface area contributed by atoms with Crippen LogP contribution in [-0.4, -0.2) is 22.3 Å². The molecule has 0 saturated carbocycles. The topological polar surface area (TPSA) is 46.5 Å². The number of esters is 1. The van der Waals surface area contributed by atoms with Crippen molar-refractivity contribution in [1.29, 1.82) is 0 Å². The molecule has 0 bridgehead atoms. The molecule has 3 nitrogen and oxygen atoms in total. The van der Waals surface area contributed by atoms with Crippen LogP contribution >= 0.6 is 0 Å². The largest absolute Gasteiger partial charge is 0.458 e. The van der Waals surface area contributed by atoms with Crippen molar-refractivity contribution in [3.63, 3.8) is 0 Å². The molecule has 0 aliphatic carbocycles. The highest BCUT2D eigenvalue weighted by Crippen LogP contribution is 2.19. The van der Waals surface area contributed by atoms with Crippen LogP contribution in [0.25, 0.3) is 0 Å². The predicted molar refractivity (Wildman–Crippen MR) is 51.4 cm³/mol. The van der Waals surface area contributed by atoms with Gasteiger partial charge in [-0.1, -0.05) is 13.8 Å². The summed E-state index contributed by atoms with van der Waals surface area (Å²) in [4.78, 5) is 11.4. The zero-order valence-corrected chi connectivity index (χ0v) is 9.18. The Labute approximate surface area is 80.1 Å². The molecule has 0 rings (SSSR count). The normalized spacial score (nSPS) is 16.5. The van der Waals surface area contributed by atoms with Gasteiger partial charge in [0.25, 0.3) is 0 Å². The molecule has 0 aromatic heterocycles. The second-order valence-corrected chi connectivity index (χ2v) is 4.13. The van der Waals surface area contributed by atoms with E-state index >= 15 is 0 Å². The van der Waals surface area contributed by atoms with Crippen molar-refractivity contribution in [2.24, 2.45) is 0 Å². The molecule has 0 unspecified atom stereocenters. The van der Waals surface area contributed by atoms with E-state index in [-0.39, 0.29) is 0 Å². The number of aliphatic hydroxyl groups is 1. The summed E-state index contributed by atoms with van der Waals surface area (Å²) in [5.74, 6) is -0.540. The minimum absolute atomic E-state index is 0.367. The van der Waals surface area contributed by atoms with E-state index in [2.05, 4.69) is 0 Å². The van der Waals surface area contributed by atoms with Crippen molar-refractivity contribution in [3.8, 4) is 0 Å². The van der Waals surface area contributed by atoms with E-state index < -0.39 is 17.2 Å². The van der Waals surface area contributed by atoms with Gasteiger partial charge in [-0.2, -0.15) is 0 Å². The van der Waals surface area contributed by atoms with Gasteiger partial charge in [0.2, 0.25) is 0 Å². The molecule has 0 aliphatic heterocycles. The first kappa shape index (κ1) is 12.4. The van der Waals surface area contributed by atoms with E-state index in [0.29, 0.717) is 6.42 Å². The van der Waals surface area contributed by atoms with Gasteiger partial charge in [-0.25, -0.2) is 4.79 Å². The third-order valence-electron chi connectivity index (χ3n) is 2.35. The van der Waals surface area contributed by atoms with Crippen LogP contribution in [-0.2, 0) is 9.53 Å². The molecule has 1 N–H and O–H groups in total. The predicted octanol–water partition coefficient (Wildman–Crippen LogP) is 1.88. The molecule has 0 spiro atoms. The Morgan fingerprint density at radius 1 is 1.23 bits per heavy atom. The molecule has 0 aliphatic rings. The Balaban J connectivity index is 4.31. The maximum atomic E-state index is 11.4. The molecular weight excluding hydrogens is 168 g/mol. The van der Waals surface area contributed by atoms with Gasteiger partial charge in [0.05, 0.1) is 0 Å². The third-order valence-corrected chi connectivity index (χ3v) is 2.35. The molecule has 0 amide bonds. The van der Waals surface area contributed by atoms with Crippen LogP contribution in [0, 0.1) is 0 Å². The van der Waals surface area contributed by atoms with Gasteiger partial charge < -0.3 is 9.84 Å². The van der Waals surface area contributed by atoms with Gasteiger partial charge in [-0.3, -0.25) is 0 Å². The average Bonchev–Trinajstić information content (AvgIpc) is 2.04. The van der Waals surface area contributed by atoms with Gasteiger partial charge in [0.1, 0.15) is 5.60 Å². The van der Waals surface area contributed by atoms with E-state index in [9.17, 15) is 9.90 Å². The first-order chi connectivity index (χ1) is 5.75. The molecule has 13 heavy (non-hydrogen) atoms. The first-order valence-electron chi connectivity index (χ1n) is 4.71. The molecule has 0 heterocycles. The van der Waals surface area contributed by atoms with Gasteiger partial charge in [-0.15, -0.1) is 0 Å². The number of carbonyl (C=O) groups excluding carboxylic acids is 1. The smallest absolute Gasteiger partial charge is 0.338 e. The molecular formula is C10H20O3. The highest BCUT2D eigenvalue weighted by atomic mass is 16.6.